The lowest BCUT2D eigenvalue weighted by Gasteiger charge is -2.65. The van der Waals surface area contributed by atoms with Crippen molar-refractivity contribution in [3.8, 4) is 0 Å². The lowest BCUT2D eigenvalue weighted by atomic mass is 9.66. The van der Waals surface area contributed by atoms with Crippen molar-refractivity contribution in [2.24, 2.45) is 11.8 Å². The van der Waals surface area contributed by atoms with Crippen LogP contribution in [0.25, 0.3) is 0 Å². The van der Waals surface area contributed by atoms with Gasteiger partial charge in [-0.3, -0.25) is 4.79 Å². The molecule has 3 rings (SSSR count). The fraction of sp³-hybridized carbons (Fsp3) is 0.870. The van der Waals surface area contributed by atoms with Crippen molar-refractivity contribution in [3.63, 3.8) is 0 Å². The largest absolute Gasteiger partial charge is 0.413 e. The Morgan fingerprint density at radius 1 is 1.34 bits per heavy atom. The van der Waals surface area contributed by atoms with Crippen molar-refractivity contribution >= 4 is 14.2 Å². The van der Waals surface area contributed by atoms with Crippen LogP contribution in [0.5, 0.6) is 0 Å². The second kappa shape index (κ2) is 7.77. The van der Waals surface area contributed by atoms with E-state index in [1.807, 2.05) is 18.7 Å². The fourth-order valence-electron chi connectivity index (χ4n) is 5.25. The number of carbonyl (C=O) groups excluding carboxylic acids is 1. The maximum Gasteiger partial charge on any atom is 0.232 e. The van der Waals surface area contributed by atoms with Crippen LogP contribution >= 0.6 is 0 Å². The number of rotatable bonds is 6. The first-order chi connectivity index (χ1) is 13.3. The topological polar surface area (TPSA) is 48.0 Å². The van der Waals surface area contributed by atoms with E-state index in [0.29, 0.717) is 12.5 Å². The van der Waals surface area contributed by atoms with Gasteiger partial charge in [-0.2, -0.15) is 0 Å². The average Bonchev–Trinajstić information content (AvgIpc) is 2.56. The molecule has 0 aromatic carbocycles. The highest BCUT2D eigenvalue weighted by Crippen LogP contribution is 2.52. The standard InChI is InChI=1S/C23H41NO4Si/c1-10-14-26-17-13-11-12-16-19-18(15(2)28-29(8,9)22(3,4)5)21(25)24(19)23(6,7)27-20(16)17/h10,15-20H,1,11-14H2,2-9H3/t15-,16-,17+,18-,19-,20+/m1/s1. The number of nitrogens with zero attached hydrogens (tertiary/aromatic N) is 1. The zero-order valence-corrected chi connectivity index (χ0v) is 20.7. The molecule has 2 heterocycles. The third kappa shape index (κ3) is 3.98. The van der Waals surface area contributed by atoms with Crippen LogP contribution < -0.4 is 0 Å². The molecule has 0 bridgehead atoms. The molecule has 2 aliphatic heterocycles. The first kappa shape index (κ1) is 23.0. The summed E-state index contributed by atoms with van der Waals surface area (Å²) in [5.41, 5.74) is -0.608. The summed E-state index contributed by atoms with van der Waals surface area (Å²) < 4.78 is 19.2. The molecule has 0 unspecified atom stereocenters. The van der Waals surface area contributed by atoms with Crippen LogP contribution in [0.15, 0.2) is 12.7 Å². The molecule has 5 nitrogen and oxygen atoms in total. The van der Waals surface area contributed by atoms with Gasteiger partial charge in [0.25, 0.3) is 0 Å². The van der Waals surface area contributed by atoms with Gasteiger partial charge in [-0.1, -0.05) is 33.3 Å². The summed E-state index contributed by atoms with van der Waals surface area (Å²) in [6.07, 6.45) is 5.01. The summed E-state index contributed by atoms with van der Waals surface area (Å²) in [7, 11) is -1.95. The monoisotopic (exact) mass is 423 g/mol. The van der Waals surface area contributed by atoms with Gasteiger partial charge in [0.05, 0.1) is 36.9 Å². The number of fused-ring (bicyclic) bond motifs is 3. The maximum absolute atomic E-state index is 13.3. The van der Waals surface area contributed by atoms with E-state index in [1.165, 1.54) is 0 Å². The van der Waals surface area contributed by atoms with Crippen molar-refractivity contribution in [2.75, 3.05) is 6.61 Å². The predicted octanol–water partition coefficient (Wildman–Crippen LogP) is 4.73. The zero-order valence-electron chi connectivity index (χ0n) is 19.7. The molecule has 1 saturated carbocycles. The van der Waals surface area contributed by atoms with E-state index in [9.17, 15) is 4.79 Å². The minimum atomic E-state index is -1.95. The summed E-state index contributed by atoms with van der Waals surface area (Å²) in [4.78, 5) is 15.2. The SMILES string of the molecule is C=CCO[C@H]1CCC[C@H]2[C@@H]1OC(C)(C)N1C(=O)[C@H]([C@@H](C)O[Si](C)(C)C(C)(C)C)[C@@H]21. The van der Waals surface area contributed by atoms with Gasteiger partial charge in [0.2, 0.25) is 5.91 Å². The van der Waals surface area contributed by atoms with E-state index >= 15 is 0 Å². The predicted molar refractivity (Wildman–Crippen MR) is 118 cm³/mol. The third-order valence-electron chi connectivity index (χ3n) is 7.67. The van der Waals surface area contributed by atoms with Crippen molar-refractivity contribution < 1.29 is 18.7 Å². The molecule has 1 amide bonds. The number of hydrogen-bond donors (Lipinski definition) is 0. The molecule has 166 valence electrons. The molecular weight excluding hydrogens is 382 g/mol. The van der Waals surface area contributed by atoms with Gasteiger partial charge in [0.1, 0.15) is 5.72 Å². The lowest BCUT2D eigenvalue weighted by Crippen LogP contribution is -2.79. The van der Waals surface area contributed by atoms with E-state index in [0.717, 1.165) is 19.3 Å². The Morgan fingerprint density at radius 2 is 2.00 bits per heavy atom. The molecule has 0 N–H and O–H groups in total. The maximum atomic E-state index is 13.3. The molecule has 0 radical (unpaired) electrons. The van der Waals surface area contributed by atoms with Crippen molar-refractivity contribution in [3.05, 3.63) is 12.7 Å². The minimum absolute atomic E-state index is 0.0237. The van der Waals surface area contributed by atoms with Crippen molar-refractivity contribution in [1.29, 1.82) is 0 Å². The number of amides is 1. The van der Waals surface area contributed by atoms with Crippen LogP contribution in [-0.2, 0) is 18.7 Å². The highest BCUT2D eigenvalue weighted by Gasteiger charge is 2.65. The number of ether oxygens (including phenoxy) is 2. The summed E-state index contributed by atoms with van der Waals surface area (Å²) in [6.45, 7) is 21.7. The molecule has 29 heavy (non-hydrogen) atoms. The van der Waals surface area contributed by atoms with Crippen LogP contribution in [-0.4, -0.2) is 55.8 Å². The van der Waals surface area contributed by atoms with Gasteiger partial charge in [-0.25, -0.2) is 0 Å². The van der Waals surface area contributed by atoms with Crippen LogP contribution in [0.1, 0.15) is 60.8 Å². The lowest BCUT2D eigenvalue weighted by molar-refractivity contribution is -0.303. The highest BCUT2D eigenvalue weighted by atomic mass is 28.4. The second-order valence-corrected chi connectivity index (χ2v) is 15.8. The normalized spacial score (nSPS) is 35.4. The van der Waals surface area contributed by atoms with Gasteiger partial charge in [0, 0.05) is 5.92 Å². The van der Waals surface area contributed by atoms with Gasteiger partial charge in [0.15, 0.2) is 8.32 Å². The smallest absolute Gasteiger partial charge is 0.232 e. The van der Waals surface area contributed by atoms with Crippen molar-refractivity contribution in [1.82, 2.24) is 4.90 Å². The number of carbonyl (C=O) groups is 1. The Labute approximate surface area is 178 Å². The third-order valence-corrected chi connectivity index (χ3v) is 12.2. The molecule has 3 aliphatic rings. The first-order valence-electron chi connectivity index (χ1n) is 11.2. The Hall–Kier alpha value is -0.693. The molecule has 6 atom stereocenters. The van der Waals surface area contributed by atoms with Crippen LogP contribution in [0.3, 0.4) is 0 Å². The van der Waals surface area contributed by atoms with Crippen LogP contribution in [0, 0.1) is 11.8 Å². The number of hydrogen-bond acceptors (Lipinski definition) is 4. The Kier molecular flexibility index (Phi) is 6.16. The average molecular weight is 424 g/mol. The molecule has 0 aromatic heterocycles. The highest BCUT2D eigenvalue weighted by molar-refractivity contribution is 6.74. The summed E-state index contributed by atoms with van der Waals surface area (Å²) >= 11 is 0. The summed E-state index contributed by atoms with van der Waals surface area (Å²) in [6, 6.07) is 0.172. The molecule has 0 aromatic rings. The van der Waals surface area contributed by atoms with Crippen LogP contribution in [0.2, 0.25) is 18.1 Å². The Bertz CT molecular complexity index is 641. The fourth-order valence-corrected chi connectivity index (χ4v) is 6.68. The van der Waals surface area contributed by atoms with Gasteiger partial charge >= 0.3 is 0 Å². The quantitative estimate of drug-likeness (QED) is 0.352. The molecule has 1 aliphatic carbocycles. The summed E-state index contributed by atoms with van der Waals surface area (Å²) in [5.74, 6) is 0.400. The molecule has 6 heteroatoms. The Morgan fingerprint density at radius 3 is 2.59 bits per heavy atom. The second-order valence-electron chi connectivity index (χ2n) is 11.1. The first-order valence-corrected chi connectivity index (χ1v) is 14.1. The van der Waals surface area contributed by atoms with E-state index in [4.69, 9.17) is 13.9 Å². The zero-order chi connectivity index (χ0) is 21.8. The van der Waals surface area contributed by atoms with Gasteiger partial charge in [-0.05, 0) is 51.7 Å². The number of β-lactam (4-membered cyclic amide) rings is 1. The van der Waals surface area contributed by atoms with Gasteiger partial charge < -0.3 is 18.8 Å². The molecule has 0 spiro atoms. The van der Waals surface area contributed by atoms with E-state index < -0.39 is 14.0 Å². The van der Waals surface area contributed by atoms with E-state index in [1.54, 1.807) is 6.08 Å². The van der Waals surface area contributed by atoms with E-state index in [2.05, 4.69) is 47.4 Å². The molecule has 3 fully saturated rings. The molecule has 2 saturated heterocycles. The Balaban J connectivity index is 1.84. The van der Waals surface area contributed by atoms with Gasteiger partial charge in [-0.15, -0.1) is 6.58 Å². The molecular formula is C23H41NO4Si. The summed E-state index contributed by atoms with van der Waals surface area (Å²) in [5, 5.41) is 0.125. The van der Waals surface area contributed by atoms with E-state index in [-0.39, 0.29) is 41.2 Å². The minimum Gasteiger partial charge on any atom is -0.413 e. The van der Waals surface area contributed by atoms with Crippen LogP contribution in [0.4, 0.5) is 0 Å². The van der Waals surface area contributed by atoms with Crippen molar-refractivity contribution in [2.45, 2.75) is 109 Å².